The second-order valence-corrected chi connectivity index (χ2v) is 7.26. The van der Waals surface area contributed by atoms with E-state index < -0.39 is 0 Å². The van der Waals surface area contributed by atoms with Gasteiger partial charge in [-0.05, 0) is 18.9 Å². The van der Waals surface area contributed by atoms with Crippen molar-refractivity contribution in [3.8, 4) is 0 Å². The van der Waals surface area contributed by atoms with E-state index in [4.69, 9.17) is 0 Å². The van der Waals surface area contributed by atoms with Gasteiger partial charge in [0, 0.05) is 44.5 Å². The van der Waals surface area contributed by atoms with E-state index in [1.165, 1.54) is 6.33 Å². The zero-order valence-electron chi connectivity index (χ0n) is 17.1. The van der Waals surface area contributed by atoms with Crippen LogP contribution < -0.4 is 5.32 Å². The number of H-pyrrole nitrogens is 1. The number of carbonyl (C=O) groups excluding carboxylic acids is 2. The predicted molar refractivity (Wildman–Crippen MR) is 106 cm³/mol. The van der Waals surface area contributed by atoms with Crippen LogP contribution in [0.3, 0.4) is 0 Å². The van der Waals surface area contributed by atoms with Gasteiger partial charge in [0.2, 0.25) is 5.91 Å². The second kappa shape index (κ2) is 8.47. The predicted octanol–water partition coefficient (Wildman–Crippen LogP) is 0.243. The molecular formula is C19H25N9O2. The molecule has 0 fully saturated rings. The molecule has 11 heteroatoms. The fraction of sp³-hybridized carbons (Fsp3) is 0.474. The van der Waals surface area contributed by atoms with Crippen molar-refractivity contribution in [1.82, 2.24) is 45.0 Å². The van der Waals surface area contributed by atoms with E-state index in [1.54, 1.807) is 26.7 Å². The van der Waals surface area contributed by atoms with Crippen molar-refractivity contribution in [2.24, 2.45) is 7.05 Å². The van der Waals surface area contributed by atoms with Crippen molar-refractivity contribution in [1.29, 1.82) is 0 Å². The van der Waals surface area contributed by atoms with Crippen LogP contribution in [0.15, 0.2) is 24.8 Å². The van der Waals surface area contributed by atoms with Crippen LogP contribution in [0.25, 0.3) is 0 Å². The summed E-state index contributed by atoms with van der Waals surface area (Å²) in [6, 6.07) is 1.49. The quantitative estimate of drug-likeness (QED) is 0.574. The fourth-order valence-electron chi connectivity index (χ4n) is 3.76. The normalized spacial score (nSPS) is 14.4. The van der Waals surface area contributed by atoms with Crippen LogP contribution in [0.1, 0.15) is 47.0 Å². The van der Waals surface area contributed by atoms with Gasteiger partial charge in [-0.25, -0.2) is 4.98 Å². The van der Waals surface area contributed by atoms with E-state index >= 15 is 0 Å². The molecule has 3 aromatic rings. The average molecular weight is 411 g/mol. The summed E-state index contributed by atoms with van der Waals surface area (Å²) < 4.78 is 3.38. The molecule has 0 radical (unpaired) electrons. The Morgan fingerprint density at radius 2 is 2.20 bits per heavy atom. The smallest absolute Gasteiger partial charge is 0.272 e. The van der Waals surface area contributed by atoms with Gasteiger partial charge in [0.15, 0.2) is 5.69 Å². The number of aromatic amines is 1. The SMILES string of the molecule is CCC(C(=O)N1CCc2c(C(=O)NCCc3ncnn3C)n[nH]c2C1)n1cccn1. The first-order chi connectivity index (χ1) is 14.6. The molecule has 1 atom stereocenters. The molecule has 1 aliphatic rings. The molecule has 0 aliphatic carbocycles. The van der Waals surface area contributed by atoms with E-state index in [0.29, 0.717) is 44.6 Å². The molecule has 2 N–H and O–H groups in total. The Hall–Kier alpha value is -3.50. The van der Waals surface area contributed by atoms with E-state index in [2.05, 4.69) is 30.7 Å². The van der Waals surface area contributed by atoms with Gasteiger partial charge in [-0.1, -0.05) is 6.92 Å². The summed E-state index contributed by atoms with van der Waals surface area (Å²) >= 11 is 0. The molecule has 4 heterocycles. The van der Waals surface area contributed by atoms with Gasteiger partial charge < -0.3 is 10.2 Å². The Labute approximate surface area is 173 Å². The van der Waals surface area contributed by atoms with Crippen LogP contribution in [0.2, 0.25) is 0 Å². The molecule has 0 saturated carbocycles. The third-order valence-corrected chi connectivity index (χ3v) is 5.42. The first-order valence-corrected chi connectivity index (χ1v) is 10.0. The number of carbonyl (C=O) groups is 2. The highest BCUT2D eigenvalue weighted by atomic mass is 16.2. The summed E-state index contributed by atoms with van der Waals surface area (Å²) in [4.78, 5) is 31.5. The van der Waals surface area contributed by atoms with Crippen LogP contribution in [-0.2, 0) is 31.2 Å². The van der Waals surface area contributed by atoms with Crippen molar-refractivity contribution >= 4 is 11.8 Å². The maximum Gasteiger partial charge on any atom is 0.272 e. The first kappa shape index (κ1) is 19.8. The summed E-state index contributed by atoms with van der Waals surface area (Å²) in [5.74, 6) is 0.602. The molecule has 0 aromatic carbocycles. The van der Waals surface area contributed by atoms with Crippen molar-refractivity contribution in [2.45, 2.75) is 38.8 Å². The Kier molecular flexibility index (Phi) is 5.59. The molecule has 0 bridgehead atoms. The fourth-order valence-corrected chi connectivity index (χ4v) is 3.76. The number of amides is 2. The molecule has 3 aromatic heterocycles. The highest BCUT2D eigenvalue weighted by Gasteiger charge is 2.31. The summed E-state index contributed by atoms with van der Waals surface area (Å²) in [5, 5.41) is 18.3. The molecule has 0 saturated heterocycles. The van der Waals surface area contributed by atoms with Crippen LogP contribution in [0.4, 0.5) is 0 Å². The van der Waals surface area contributed by atoms with Gasteiger partial charge in [0.25, 0.3) is 5.91 Å². The largest absolute Gasteiger partial charge is 0.350 e. The van der Waals surface area contributed by atoms with Gasteiger partial charge in [0.1, 0.15) is 18.2 Å². The highest BCUT2D eigenvalue weighted by molar-refractivity contribution is 5.94. The Morgan fingerprint density at radius 3 is 2.90 bits per heavy atom. The zero-order chi connectivity index (χ0) is 21.1. The van der Waals surface area contributed by atoms with E-state index in [9.17, 15) is 9.59 Å². The summed E-state index contributed by atoms with van der Waals surface area (Å²) in [7, 11) is 1.82. The van der Waals surface area contributed by atoms with Crippen molar-refractivity contribution < 1.29 is 9.59 Å². The summed E-state index contributed by atoms with van der Waals surface area (Å²) in [6.45, 7) is 3.37. The number of rotatable bonds is 7. The van der Waals surface area contributed by atoms with Gasteiger partial charge in [-0.15, -0.1) is 0 Å². The molecule has 158 valence electrons. The lowest BCUT2D eigenvalue weighted by atomic mass is 10.0. The molecule has 2 amide bonds. The Balaban J connectivity index is 1.38. The molecular weight excluding hydrogens is 386 g/mol. The molecule has 30 heavy (non-hydrogen) atoms. The molecule has 0 spiro atoms. The number of nitrogens with one attached hydrogen (secondary N) is 2. The van der Waals surface area contributed by atoms with E-state index in [0.717, 1.165) is 17.1 Å². The van der Waals surface area contributed by atoms with Crippen LogP contribution >= 0.6 is 0 Å². The number of hydrogen-bond acceptors (Lipinski definition) is 6. The van der Waals surface area contributed by atoms with Crippen LogP contribution in [-0.4, -0.2) is 64.5 Å². The molecule has 4 rings (SSSR count). The van der Waals surface area contributed by atoms with Crippen LogP contribution in [0, 0.1) is 0 Å². The minimum absolute atomic E-state index is 0.0242. The minimum Gasteiger partial charge on any atom is -0.350 e. The number of aryl methyl sites for hydroxylation is 1. The lowest BCUT2D eigenvalue weighted by Gasteiger charge is -2.30. The van der Waals surface area contributed by atoms with E-state index in [1.807, 2.05) is 20.0 Å². The van der Waals surface area contributed by atoms with E-state index in [-0.39, 0.29) is 17.9 Å². The van der Waals surface area contributed by atoms with Gasteiger partial charge in [-0.2, -0.15) is 15.3 Å². The third-order valence-electron chi connectivity index (χ3n) is 5.42. The number of hydrogen-bond donors (Lipinski definition) is 2. The van der Waals surface area contributed by atoms with Gasteiger partial charge >= 0.3 is 0 Å². The Morgan fingerprint density at radius 1 is 1.33 bits per heavy atom. The molecule has 1 aliphatic heterocycles. The maximum atomic E-state index is 13.0. The van der Waals surface area contributed by atoms with Crippen molar-refractivity contribution in [3.63, 3.8) is 0 Å². The molecule has 1 unspecified atom stereocenters. The summed E-state index contributed by atoms with van der Waals surface area (Å²) in [5.41, 5.74) is 2.08. The van der Waals surface area contributed by atoms with Crippen LogP contribution in [0.5, 0.6) is 0 Å². The molecule has 11 nitrogen and oxygen atoms in total. The lowest BCUT2D eigenvalue weighted by molar-refractivity contribution is -0.136. The topological polar surface area (TPSA) is 127 Å². The maximum absolute atomic E-state index is 13.0. The monoisotopic (exact) mass is 411 g/mol. The zero-order valence-corrected chi connectivity index (χ0v) is 17.1. The van der Waals surface area contributed by atoms with Crippen molar-refractivity contribution in [2.75, 3.05) is 13.1 Å². The third kappa shape index (κ3) is 3.82. The number of nitrogens with zero attached hydrogens (tertiary/aromatic N) is 7. The average Bonchev–Trinajstić information content (AvgIpc) is 3.49. The minimum atomic E-state index is -0.326. The first-order valence-electron chi connectivity index (χ1n) is 10.0. The second-order valence-electron chi connectivity index (χ2n) is 7.26. The van der Waals surface area contributed by atoms with Gasteiger partial charge in [0.05, 0.1) is 12.2 Å². The number of fused-ring (bicyclic) bond motifs is 1. The van der Waals surface area contributed by atoms with Gasteiger partial charge in [-0.3, -0.25) is 24.1 Å². The number of aromatic nitrogens is 7. The Bertz CT molecular complexity index is 1020. The standard InChI is InChI=1S/C19H25N9O2/c1-3-15(28-9-4-7-22-28)19(30)27-10-6-13-14(11-27)24-25-17(13)18(29)20-8-5-16-21-12-23-26(16)2/h4,7,9,12,15H,3,5-6,8,10-11H2,1-2H3,(H,20,29)(H,24,25). The highest BCUT2D eigenvalue weighted by Crippen LogP contribution is 2.23. The summed E-state index contributed by atoms with van der Waals surface area (Å²) in [6.07, 6.45) is 6.80. The van der Waals surface area contributed by atoms with Crippen molar-refractivity contribution in [3.05, 3.63) is 47.6 Å². The lowest BCUT2D eigenvalue weighted by Crippen LogP contribution is -2.41.